The van der Waals surface area contributed by atoms with Gasteiger partial charge in [-0.05, 0) is 36.1 Å². The minimum absolute atomic E-state index is 0.0654. The highest BCUT2D eigenvalue weighted by Gasteiger charge is 2.38. The van der Waals surface area contributed by atoms with Crippen LogP contribution in [0.25, 0.3) is 11.3 Å². The van der Waals surface area contributed by atoms with Gasteiger partial charge in [0.2, 0.25) is 5.91 Å². The summed E-state index contributed by atoms with van der Waals surface area (Å²) < 4.78 is 41.0. The Hall–Kier alpha value is -2.58. The van der Waals surface area contributed by atoms with Gasteiger partial charge in [-0.3, -0.25) is 4.79 Å². The highest BCUT2D eigenvalue weighted by molar-refractivity contribution is 7.99. The number of hydrogen-bond donors (Lipinski definition) is 1. The predicted molar refractivity (Wildman–Crippen MR) is 114 cm³/mol. The van der Waals surface area contributed by atoms with Crippen molar-refractivity contribution >= 4 is 29.3 Å². The second kappa shape index (κ2) is 8.88. The molecule has 0 saturated heterocycles. The van der Waals surface area contributed by atoms with Crippen LogP contribution in [0.4, 0.5) is 13.2 Å². The number of hydrogen-bond acceptors (Lipinski definition) is 4. The van der Waals surface area contributed by atoms with E-state index in [1.54, 1.807) is 36.4 Å². The van der Waals surface area contributed by atoms with Crippen LogP contribution in [-0.2, 0) is 30.4 Å². The lowest BCUT2D eigenvalue weighted by molar-refractivity contribution is -0.142. The molecule has 0 saturated carbocycles. The molecule has 31 heavy (non-hydrogen) atoms. The lowest BCUT2D eigenvalue weighted by Crippen LogP contribution is -2.25. The first-order valence-corrected chi connectivity index (χ1v) is 10.9. The van der Waals surface area contributed by atoms with E-state index in [0.717, 1.165) is 22.9 Å². The van der Waals surface area contributed by atoms with Crippen LogP contribution in [0.1, 0.15) is 22.4 Å². The summed E-state index contributed by atoms with van der Waals surface area (Å²) in [4.78, 5) is 20.3. The molecule has 0 radical (unpaired) electrons. The van der Waals surface area contributed by atoms with Crippen LogP contribution in [0, 0.1) is 0 Å². The van der Waals surface area contributed by atoms with Gasteiger partial charge in [-0.1, -0.05) is 59.8 Å². The zero-order chi connectivity index (χ0) is 22.0. The molecule has 1 aliphatic rings. The number of carbonyl (C=O) groups excluding carboxylic acids is 1. The molecule has 4 rings (SSSR count). The third-order valence-corrected chi connectivity index (χ3v) is 6.01. The molecule has 0 bridgehead atoms. The number of rotatable bonds is 5. The normalized spacial score (nSPS) is 12.8. The summed E-state index contributed by atoms with van der Waals surface area (Å²) in [5.41, 5.74) is 2.00. The van der Waals surface area contributed by atoms with Gasteiger partial charge in [-0.2, -0.15) is 13.2 Å². The van der Waals surface area contributed by atoms with Crippen molar-refractivity contribution in [3.63, 3.8) is 0 Å². The Bertz CT molecular complexity index is 1120. The third-order valence-electron chi connectivity index (χ3n) is 4.91. The van der Waals surface area contributed by atoms with E-state index in [-0.39, 0.29) is 28.8 Å². The summed E-state index contributed by atoms with van der Waals surface area (Å²) in [7, 11) is 0. The largest absolute Gasteiger partial charge is 0.433 e. The maximum atomic E-state index is 13.7. The molecular formula is C22H17ClF3N3OS. The maximum Gasteiger partial charge on any atom is 0.433 e. The first-order valence-electron chi connectivity index (χ1n) is 9.51. The average Bonchev–Trinajstić information content (AvgIpc) is 2.76. The predicted octanol–water partition coefficient (Wildman–Crippen LogP) is 5.32. The molecule has 1 heterocycles. The van der Waals surface area contributed by atoms with Crippen molar-refractivity contribution in [3.8, 4) is 11.3 Å². The van der Waals surface area contributed by atoms with Crippen molar-refractivity contribution < 1.29 is 18.0 Å². The number of thioether (sulfide) groups is 1. The van der Waals surface area contributed by atoms with Gasteiger partial charge in [0.1, 0.15) is 0 Å². The summed E-state index contributed by atoms with van der Waals surface area (Å²) >= 11 is 6.72. The van der Waals surface area contributed by atoms with E-state index in [4.69, 9.17) is 11.6 Å². The molecule has 1 amide bonds. The fourth-order valence-electron chi connectivity index (χ4n) is 3.44. The highest BCUT2D eigenvalue weighted by atomic mass is 35.5. The van der Waals surface area contributed by atoms with E-state index in [9.17, 15) is 18.0 Å². The number of benzene rings is 2. The van der Waals surface area contributed by atoms with E-state index in [2.05, 4.69) is 15.3 Å². The second-order valence-corrected chi connectivity index (χ2v) is 8.41. The number of amides is 1. The quantitative estimate of drug-likeness (QED) is 0.411. The Morgan fingerprint density at radius 1 is 1.06 bits per heavy atom. The lowest BCUT2D eigenvalue weighted by atomic mass is 9.88. The number of nitrogens with one attached hydrogen (secondary N) is 1. The second-order valence-electron chi connectivity index (χ2n) is 7.03. The zero-order valence-corrected chi connectivity index (χ0v) is 17.7. The molecule has 0 aliphatic heterocycles. The molecule has 1 aliphatic carbocycles. The first-order chi connectivity index (χ1) is 14.8. The third kappa shape index (κ3) is 5.02. The van der Waals surface area contributed by atoms with Crippen molar-refractivity contribution in [3.05, 3.63) is 75.9 Å². The fourth-order valence-corrected chi connectivity index (χ4v) is 4.23. The summed E-state index contributed by atoms with van der Waals surface area (Å²) in [6.07, 6.45) is -3.85. The Kier molecular flexibility index (Phi) is 6.20. The number of aryl methyl sites for hydroxylation is 1. The number of nitrogens with zero attached hydrogens (tertiary/aromatic N) is 2. The minimum atomic E-state index is -4.59. The molecule has 9 heteroatoms. The standard InChI is InChI=1S/C22H17ClF3N3OS/c23-15-8-5-13(6-9-15)11-27-18(30)12-31-21-28-19-16-4-2-1-3-14(16)7-10-17(19)20(29-21)22(24,25)26/h1-6,8-9H,7,10-12H2,(H,27,30). The molecule has 1 aromatic heterocycles. The van der Waals surface area contributed by atoms with Crippen LogP contribution >= 0.6 is 23.4 Å². The van der Waals surface area contributed by atoms with Crippen LogP contribution < -0.4 is 5.32 Å². The number of fused-ring (bicyclic) bond motifs is 3. The SMILES string of the molecule is O=C(CSc1nc2c(c(C(F)(F)F)n1)CCc1ccccc1-2)NCc1ccc(Cl)cc1. The molecule has 3 aromatic rings. The summed E-state index contributed by atoms with van der Waals surface area (Å²) in [5, 5.41) is 3.26. The molecule has 4 nitrogen and oxygen atoms in total. The van der Waals surface area contributed by atoms with Gasteiger partial charge in [-0.15, -0.1) is 0 Å². The van der Waals surface area contributed by atoms with Gasteiger partial charge in [0.05, 0.1) is 11.4 Å². The monoisotopic (exact) mass is 463 g/mol. The van der Waals surface area contributed by atoms with Gasteiger partial charge in [0, 0.05) is 22.7 Å². The first kappa shape index (κ1) is 21.6. The van der Waals surface area contributed by atoms with E-state index in [1.807, 2.05) is 12.1 Å². The molecule has 2 aromatic carbocycles. The highest BCUT2D eigenvalue weighted by Crippen LogP contribution is 2.40. The van der Waals surface area contributed by atoms with Crippen LogP contribution in [0.5, 0.6) is 0 Å². The van der Waals surface area contributed by atoms with Gasteiger partial charge in [-0.25, -0.2) is 9.97 Å². The zero-order valence-electron chi connectivity index (χ0n) is 16.2. The number of alkyl halides is 3. The van der Waals surface area contributed by atoms with Gasteiger partial charge in [0.25, 0.3) is 0 Å². The van der Waals surface area contributed by atoms with Crippen LogP contribution in [-0.4, -0.2) is 21.6 Å². The Labute approximate surface area is 186 Å². The van der Waals surface area contributed by atoms with E-state index in [0.29, 0.717) is 29.2 Å². The molecule has 0 atom stereocenters. The summed E-state index contributed by atoms with van der Waals surface area (Å²) in [6.45, 7) is 0.294. The minimum Gasteiger partial charge on any atom is -0.351 e. The number of halogens is 4. The average molecular weight is 464 g/mol. The molecule has 1 N–H and O–H groups in total. The van der Waals surface area contributed by atoms with Crippen molar-refractivity contribution in [1.29, 1.82) is 0 Å². The molecule has 0 fully saturated rings. The maximum absolute atomic E-state index is 13.7. The topological polar surface area (TPSA) is 54.9 Å². The van der Waals surface area contributed by atoms with Crippen molar-refractivity contribution in [2.45, 2.75) is 30.7 Å². The summed E-state index contributed by atoms with van der Waals surface area (Å²) in [5.74, 6) is -0.416. The number of aromatic nitrogens is 2. The Balaban J connectivity index is 1.52. The summed E-state index contributed by atoms with van der Waals surface area (Å²) in [6, 6.07) is 14.3. The van der Waals surface area contributed by atoms with Crippen LogP contribution in [0.2, 0.25) is 5.02 Å². The van der Waals surface area contributed by atoms with Crippen LogP contribution in [0.3, 0.4) is 0 Å². The van der Waals surface area contributed by atoms with Crippen molar-refractivity contribution in [2.24, 2.45) is 0 Å². The van der Waals surface area contributed by atoms with Crippen LogP contribution in [0.15, 0.2) is 53.7 Å². The lowest BCUT2D eigenvalue weighted by Gasteiger charge is -2.22. The Morgan fingerprint density at radius 3 is 2.55 bits per heavy atom. The number of carbonyl (C=O) groups is 1. The van der Waals surface area contributed by atoms with Crippen molar-refractivity contribution in [2.75, 3.05) is 5.75 Å². The van der Waals surface area contributed by atoms with E-state index < -0.39 is 11.9 Å². The van der Waals surface area contributed by atoms with E-state index in [1.165, 1.54) is 0 Å². The van der Waals surface area contributed by atoms with E-state index >= 15 is 0 Å². The molecule has 160 valence electrons. The van der Waals surface area contributed by atoms with Gasteiger partial charge in [0.15, 0.2) is 10.9 Å². The van der Waals surface area contributed by atoms with Gasteiger partial charge < -0.3 is 5.32 Å². The Morgan fingerprint density at radius 2 is 1.81 bits per heavy atom. The molecule has 0 spiro atoms. The van der Waals surface area contributed by atoms with Gasteiger partial charge >= 0.3 is 6.18 Å². The molecular weight excluding hydrogens is 447 g/mol. The van der Waals surface area contributed by atoms with Crippen molar-refractivity contribution in [1.82, 2.24) is 15.3 Å². The fraction of sp³-hybridized carbons (Fsp3) is 0.227. The smallest absolute Gasteiger partial charge is 0.351 e. The molecule has 0 unspecified atom stereocenters.